The van der Waals surface area contributed by atoms with Gasteiger partial charge in [-0.15, -0.1) is 0 Å². The van der Waals surface area contributed by atoms with Crippen LogP contribution in [0.3, 0.4) is 0 Å². The lowest BCUT2D eigenvalue weighted by Crippen LogP contribution is -2.46. The highest BCUT2D eigenvalue weighted by Crippen LogP contribution is 2.27. The molecule has 134 valence electrons. The number of nitrogens with one attached hydrogen (secondary N) is 2. The normalized spacial score (nSPS) is 22.2. The van der Waals surface area contributed by atoms with Crippen LogP contribution in [0.4, 0.5) is 5.69 Å². The Balaban J connectivity index is 1.86. The SMILES string of the molecule is CC(C)(C)S(=O)(=O)NC1CCC(C(=O)Nc2ccc(I)cc2)CC1. The first kappa shape index (κ1) is 19.7. The molecule has 7 heteroatoms. The van der Waals surface area contributed by atoms with Gasteiger partial charge in [-0.2, -0.15) is 0 Å². The standard InChI is InChI=1S/C17H25IN2O3S/c1-17(2,3)24(22,23)20-15-8-4-12(5-9-15)16(21)19-14-10-6-13(18)7-11-14/h6-7,10-12,15,20H,4-5,8-9H2,1-3H3,(H,19,21). The fourth-order valence-electron chi connectivity index (χ4n) is 2.65. The van der Waals surface area contributed by atoms with Crippen LogP contribution in [0.5, 0.6) is 0 Å². The van der Waals surface area contributed by atoms with Crippen LogP contribution in [0, 0.1) is 9.49 Å². The van der Waals surface area contributed by atoms with Crippen molar-refractivity contribution in [3.8, 4) is 0 Å². The van der Waals surface area contributed by atoms with Crippen molar-refractivity contribution in [2.75, 3.05) is 5.32 Å². The van der Waals surface area contributed by atoms with Crippen LogP contribution in [-0.2, 0) is 14.8 Å². The Hall–Kier alpha value is -0.670. The number of amides is 1. The van der Waals surface area contributed by atoms with Gasteiger partial charge in [0.05, 0.1) is 4.75 Å². The van der Waals surface area contributed by atoms with Gasteiger partial charge in [0.25, 0.3) is 0 Å². The Kier molecular flexibility index (Phi) is 6.30. The van der Waals surface area contributed by atoms with E-state index in [1.807, 2.05) is 24.3 Å². The number of carbonyl (C=O) groups is 1. The van der Waals surface area contributed by atoms with Gasteiger partial charge in [-0.25, -0.2) is 13.1 Å². The van der Waals surface area contributed by atoms with Gasteiger partial charge in [0.2, 0.25) is 15.9 Å². The highest BCUT2D eigenvalue weighted by molar-refractivity contribution is 14.1. The van der Waals surface area contributed by atoms with Crippen LogP contribution in [0.15, 0.2) is 24.3 Å². The number of sulfonamides is 1. The lowest BCUT2D eigenvalue weighted by molar-refractivity contribution is -0.120. The summed E-state index contributed by atoms with van der Waals surface area (Å²) in [4.78, 5) is 12.4. The van der Waals surface area contributed by atoms with Gasteiger partial charge < -0.3 is 5.32 Å². The van der Waals surface area contributed by atoms with Gasteiger partial charge >= 0.3 is 0 Å². The van der Waals surface area contributed by atoms with E-state index < -0.39 is 14.8 Å². The third-order valence-corrected chi connectivity index (χ3v) is 7.31. The highest BCUT2D eigenvalue weighted by atomic mass is 127. The molecule has 0 aromatic heterocycles. The maximum atomic E-state index is 12.4. The van der Waals surface area contributed by atoms with E-state index in [-0.39, 0.29) is 17.9 Å². The molecular weight excluding hydrogens is 439 g/mol. The Bertz CT molecular complexity index is 673. The monoisotopic (exact) mass is 464 g/mol. The molecule has 0 radical (unpaired) electrons. The average Bonchev–Trinajstić information content (AvgIpc) is 2.49. The summed E-state index contributed by atoms with van der Waals surface area (Å²) in [6, 6.07) is 7.62. The van der Waals surface area contributed by atoms with Crippen molar-refractivity contribution in [2.45, 2.75) is 57.2 Å². The average molecular weight is 464 g/mol. The van der Waals surface area contributed by atoms with Crippen molar-refractivity contribution in [1.82, 2.24) is 4.72 Å². The van der Waals surface area contributed by atoms with Crippen LogP contribution in [-0.4, -0.2) is 25.1 Å². The van der Waals surface area contributed by atoms with Gasteiger partial charge in [0, 0.05) is 21.2 Å². The predicted molar refractivity (Wildman–Crippen MR) is 105 cm³/mol. The molecule has 1 aliphatic rings. The quantitative estimate of drug-likeness (QED) is 0.670. The van der Waals surface area contributed by atoms with Crippen molar-refractivity contribution in [3.63, 3.8) is 0 Å². The number of rotatable bonds is 4. The predicted octanol–water partition coefficient (Wildman–Crippen LogP) is 3.51. The number of carbonyl (C=O) groups excluding carboxylic acids is 1. The smallest absolute Gasteiger partial charge is 0.227 e. The molecule has 1 aromatic rings. The topological polar surface area (TPSA) is 75.3 Å². The molecule has 0 heterocycles. The summed E-state index contributed by atoms with van der Waals surface area (Å²) >= 11 is 2.22. The summed E-state index contributed by atoms with van der Waals surface area (Å²) in [6.45, 7) is 5.07. The first-order chi connectivity index (χ1) is 11.1. The largest absolute Gasteiger partial charge is 0.326 e. The fraction of sp³-hybridized carbons (Fsp3) is 0.588. The minimum atomic E-state index is -3.34. The molecule has 0 unspecified atom stereocenters. The molecule has 1 saturated carbocycles. The van der Waals surface area contributed by atoms with Crippen LogP contribution in [0.2, 0.25) is 0 Å². The summed E-state index contributed by atoms with van der Waals surface area (Å²) in [5.41, 5.74) is 0.802. The fourth-order valence-corrected chi connectivity index (χ4v) is 4.03. The molecule has 0 atom stereocenters. The Labute approximate surface area is 158 Å². The van der Waals surface area contributed by atoms with Gasteiger partial charge in [0.15, 0.2) is 0 Å². The molecule has 0 saturated heterocycles. The Morgan fingerprint density at radius 1 is 1.08 bits per heavy atom. The van der Waals surface area contributed by atoms with E-state index >= 15 is 0 Å². The van der Waals surface area contributed by atoms with Gasteiger partial charge in [-0.05, 0) is 93.3 Å². The lowest BCUT2D eigenvalue weighted by atomic mass is 9.86. The summed E-state index contributed by atoms with van der Waals surface area (Å²) in [7, 11) is -3.34. The molecule has 2 rings (SSSR count). The summed E-state index contributed by atoms with van der Waals surface area (Å²) in [5, 5.41) is 2.95. The van der Waals surface area contributed by atoms with Crippen LogP contribution in [0.1, 0.15) is 46.5 Å². The van der Waals surface area contributed by atoms with Crippen molar-refractivity contribution in [1.29, 1.82) is 0 Å². The lowest BCUT2D eigenvalue weighted by Gasteiger charge is -2.30. The van der Waals surface area contributed by atoms with E-state index in [4.69, 9.17) is 0 Å². The van der Waals surface area contributed by atoms with Crippen LogP contribution in [0.25, 0.3) is 0 Å². The van der Waals surface area contributed by atoms with E-state index in [1.165, 1.54) is 0 Å². The van der Waals surface area contributed by atoms with Gasteiger partial charge in [-0.1, -0.05) is 0 Å². The molecule has 0 spiro atoms. The van der Waals surface area contributed by atoms with Crippen LogP contribution < -0.4 is 10.0 Å². The molecule has 2 N–H and O–H groups in total. The first-order valence-corrected chi connectivity index (χ1v) is 10.7. The summed E-state index contributed by atoms with van der Waals surface area (Å²) in [5.74, 6) is -0.0343. The van der Waals surface area contributed by atoms with E-state index in [1.54, 1.807) is 20.8 Å². The van der Waals surface area contributed by atoms with Crippen molar-refractivity contribution in [3.05, 3.63) is 27.8 Å². The van der Waals surface area contributed by atoms with Crippen molar-refractivity contribution in [2.24, 2.45) is 5.92 Å². The highest BCUT2D eigenvalue weighted by Gasteiger charge is 2.34. The molecule has 1 aromatic carbocycles. The zero-order chi connectivity index (χ0) is 18.0. The second kappa shape index (κ2) is 7.70. The van der Waals surface area contributed by atoms with Gasteiger partial charge in [-0.3, -0.25) is 4.79 Å². The minimum absolute atomic E-state index is 0.0216. The maximum Gasteiger partial charge on any atom is 0.227 e. The number of benzene rings is 1. The Morgan fingerprint density at radius 2 is 1.62 bits per heavy atom. The molecular formula is C17H25IN2O3S. The summed E-state index contributed by atoms with van der Waals surface area (Å²) < 4.78 is 27.5. The zero-order valence-corrected chi connectivity index (χ0v) is 17.3. The second-order valence-corrected chi connectivity index (χ2v) is 11.0. The molecule has 1 amide bonds. The molecule has 0 aliphatic heterocycles. The number of hydrogen-bond donors (Lipinski definition) is 2. The second-order valence-electron chi connectivity index (χ2n) is 7.28. The van der Waals surface area contributed by atoms with E-state index in [0.29, 0.717) is 25.7 Å². The third kappa shape index (κ3) is 5.16. The number of hydrogen-bond acceptors (Lipinski definition) is 3. The molecule has 1 fully saturated rings. The van der Waals surface area contributed by atoms with E-state index in [2.05, 4.69) is 32.6 Å². The Morgan fingerprint density at radius 3 is 2.12 bits per heavy atom. The number of anilines is 1. The molecule has 24 heavy (non-hydrogen) atoms. The molecule has 0 bridgehead atoms. The van der Waals surface area contributed by atoms with E-state index in [9.17, 15) is 13.2 Å². The first-order valence-electron chi connectivity index (χ1n) is 8.17. The van der Waals surface area contributed by atoms with E-state index in [0.717, 1.165) is 9.26 Å². The minimum Gasteiger partial charge on any atom is -0.326 e. The molecule has 5 nitrogen and oxygen atoms in total. The molecule has 1 aliphatic carbocycles. The van der Waals surface area contributed by atoms with Crippen LogP contribution >= 0.6 is 22.6 Å². The van der Waals surface area contributed by atoms with Crippen molar-refractivity contribution < 1.29 is 13.2 Å². The van der Waals surface area contributed by atoms with Gasteiger partial charge in [0.1, 0.15) is 0 Å². The maximum absolute atomic E-state index is 12.4. The third-order valence-electron chi connectivity index (χ3n) is 4.34. The number of halogens is 1. The zero-order valence-electron chi connectivity index (χ0n) is 14.3. The van der Waals surface area contributed by atoms with Crippen molar-refractivity contribution >= 4 is 44.2 Å². The summed E-state index contributed by atoms with van der Waals surface area (Å²) in [6.07, 6.45) is 2.79.